The van der Waals surface area contributed by atoms with Crippen molar-refractivity contribution in [2.45, 2.75) is 31.2 Å². The summed E-state index contributed by atoms with van der Waals surface area (Å²) in [4.78, 5) is 37.6. The van der Waals surface area contributed by atoms with Gasteiger partial charge in [0, 0.05) is 13.0 Å². The van der Waals surface area contributed by atoms with Crippen molar-refractivity contribution < 1.29 is 24.2 Å². The average Bonchev–Trinajstić information content (AvgIpc) is 3.58. The zero-order chi connectivity index (χ0) is 24.7. The molecule has 35 heavy (non-hydrogen) atoms. The fraction of sp³-hybridized carbons (Fsp3) is 0.308. The number of carbonyl (C=O) groups is 3. The Kier molecular flexibility index (Phi) is 5.55. The highest BCUT2D eigenvalue weighted by molar-refractivity contribution is 6.04. The van der Waals surface area contributed by atoms with E-state index in [4.69, 9.17) is 4.74 Å². The van der Waals surface area contributed by atoms with Gasteiger partial charge < -0.3 is 20.5 Å². The third-order valence-electron chi connectivity index (χ3n) is 6.97. The van der Waals surface area contributed by atoms with Crippen LogP contribution in [0.4, 0.5) is 10.6 Å². The van der Waals surface area contributed by atoms with Gasteiger partial charge >= 0.3 is 12.1 Å². The van der Waals surface area contributed by atoms with E-state index in [0.717, 1.165) is 35.1 Å². The number of carbonyl (C=O) groups excluding carboxylic acids is 2. The molecular weight excluding hydrogens is 448 g/mol. The molecule has 3 N–H and O–H groups in total. The number of amides is 2. The van der Waals surface area contributed by atoms with Crippen LogP contribution in [-0.4, -0.2) is 45.0 Å². The second-order valence-corrected chi connectivity index (χ2v) is 9.22. The van der Waals surface area contributed by atoms with E-state index < -0.39 is 23.5 Å². The number of anilines is 1. The first kappa shape index (κ1) is 22.6. The molecule has 1 atom stereocenters. The summed E-state index contributed by atoms with van der Waals surface area (Å²) in [5.74, 6) is -1.83. The molecule has 3 aromatic rings. The van der Waals surface area contributed by atoms with Gasteiger partial charge in [-0.05, 0) is 47.9 Å². The lowest BCUT2D eigenvalue weighted by molar-refractivity contribution is -0.122. The molecule has 0 aliphatic heterocycles. The number of aromatic carboxylic acids is 1. The molecule has 0 saturated heterocycles. The maximum absolute atomic E-state index is 13.2. The molecule has 1 fully saturated rings. The Hall–Kier alpha value is -4.14. The van der Waals surface area contributed by atoms with Crippen molar-refractivity contribution in [2.75, 3.05) is 11.9 Å². The largest absolute Gasteiger partial charge is 0.477 e. The number of hydrogen-bond donors (Lipinski definition) is 3. The van der Waals surface area contributed by atoms with Crippen LogP contribution in [0.25, 0.3) is 11.1 Å². The van der Waals surface area contributed by atoms with Crippen LogP contribution < -0.4 is 10.6 Å². The van der Waals surface area contributed by atoms with Crippen molar-refractivity contribution in [2.24, 2.45) is 13.0 Å². The Morgan fingerprint density at radius 1 is 1.09 bits per heavy atom. The predicted molar refractivity (Wildman–Crippen MR) is 128 cm³/mol. The summed E-state index contributed by atoms with van der Waals surface area (Å²) in [6, 6.07) is 16.1. The van der Waals surface area contributed by atoms with Gasteiger partial charge in [-0.25, -0.2) is 9.59 Å². The zero-order valence-electron chi connectivity index (χ0n) is 19.4. The third-order valence-corrected chi connectivity index (χ3v) is 6.97. The van der Waals surface area contributed by atoms with Crippen molar-refractivity contribution in [3.63, 3.8) is 0 Å². The summed E-state index contributed by atoms with van der Waals surface area (Å²) >= 11 is 0. The molecule has 0 bridgehead atoms. The average molecular weight is 475 g/mol. The monoisotopic (exact) mass is 474 g/mol. The molecule has 9 heteroatoms. The Labute approximate surface area is 202 Å². The number of rotatable bonds is 7. The molecule has 9 nitrogen and oxygen atoms in total. The number of fused-ring (bicyclic) bond motifs is 3. The fourth-order valence-electron chi connectivity index (χ4n) is 4.83. The molecule has 2 aromatic carbocycles. The quantitative estimate of drug-likeness (QED) is 0.479. The number of carboxylic acid groups (broad SMARTS) is 1. The number of carboxylic acids is 1. The molecule has 2 amide bonds. The van der Waals surface area contributed by atoms with Crippen LogP contribution >= 0.6 is 0 Å². The van der Waals surface area contributed by atoms with Crippen molar-refractivity contribution in [1.82, 2.24) is 15.1 Å². The Balaban J connectivity index is 1.30. The number of hydrogen-bond acceptors (Lipinski definition) is 5. The van der Waals surface area contributed by atoms with Gasteiger partial charge in [0.2, 0.25) is 0 Å². The van der Waals surface area contributed by atoms with Crippen LogP contribution in [0.1, 0.15) is 47.2 Å². The van der Waals surface area contributed by atoms with Crippen LogP contribution in [0, 0.1) is 5.92 Å². The Morgan fingerprint density at radius 3 is 2.26 bits per heavy atom. The second kappa shape index (κ2) is 8.57. The lowest BCUT2D eigenvalue weighted by atomic mass is 9.94. The highest BCUT2D eigenvalue weighted by atomic mass is 16.5. The van der Waals surface area contributed by atoms with E-state index >= 15 is 0 Å². The number of nitrogens with zero attached hydrogens (tertiary/aromatic N) is 2. The van der Waals surface area contributed by atoms with E-state index in [1.54, 1.807) is 6.92 Å². The third kappa shape index (κ3) is 4.03. The van der Waals surface area contributed by atoms with E-state index in [9.17, 15) is 19.5 Å². The molecule has 2 aliphatic carbocycles. The standard InChI is InChI=1S/C26H26N4O5/c1-26(15-11-12-15,24(33)28-22-20(23(31)32)13-27-30(22)2)29-25(34)35-14-21-18-9-5-3-7-16(18)17-8-4-6-10-19(17)21/h3-10,13,15,21H,11-12,14H2,1-2H3,(H,28,33)(H,29,34)(H,31,32). The molecule has 1 unspecified atom stereocenters. The first-order chi connectivity index (χ1) is 16.8. The van der Waals surface area contributed by atoms with Gasteiger partial charge in [-0.3, -0.25) is 9.48 Å². The lowest BCUT2D eigenvalue weighted by Crippen LogP contribution is -2.56. The SMILES string of the molecule is Cn1ncc(C(=O)O)c1NC(=O)C(C)(NC(=O)OCC1c2ccccc2-c2ccccc21)C1CC1. The fourth-order valence-corrected chi connectivity index (χ4v) is 4.83. The van der Waals surface area contributed by atoms with E-state index in [1.807, 2.05) is 36.4 Å². The minimum Gasteiger partial charge on any atom is -0.477 e. The Morgan fingerprint density at radius 2 is 1.69 bits per heavy atom. The molecule has 0 spiro atoms. The minimum atomic E-state index is -1.26. The van der Waals surface area contributed by atoms with Crippen molar-refractivity contribution in [3.8, 4) is 11.1 Å². The number of nitrogens with one attached hydrogen (secondary N) is 2. The molecule has 1 saturated carbocycles. The van der Waals surface area contributed by atoms with Gasteiger partial charge in [0.1, 0.15) is 23.5 Å². The maximum Gasteiger partial charge on any atom is 0.408 e. The minimum absolute atomic E-state index is 0.0590. The molecule has 2 aliphatic rings. The number of ether oxygens (including phenoxy) is 1. The van der Waals surface area contributed by atoms with Gasteiger partial charge in [-0.15, -0.1) is 0 Å². The van der Waals surface area contributed by atoms with Gasteiger partial charge in [0.15, 0.2) is 0 Å². The van der Waals surface area contributed by atoms with Gasteiger partial charge in [0.05, 0.1) is 6.20 Å². The second-order valence-electron chi connectivity index (χ2n) is 9.22. The summed E-state index contributed by atoms with van der Waals surface area (Å²) in [5.41, 5.74) is 3.07. The first-order valence-corrected chi connectivity index (χ1v) is 11.5. The molecule has 5 rings (SSSR count). The molecular formula is C26H26N4O5. The van der Waals surface area contributed by atoms with Crippen LogP contribution in [0.2, 0.25) is 0 Å². The summed E-state index contributed by atoms with van der Waals surface area (Å²) in [5, 5.41) is 18.7. The van der Waals surface area contributed by atoms with Gasteiger partial charge in [-0.2, -0.15) is 5.10 Å². The van der Waals surface area contributed by atoms with Crippen molar-refractivity contribution >= 4 is 23.8 Å². The first-order valence-electron chi connectivity index (χ1n) is 11.5. The summed E-state index contributed by atoms with van der Waals surface area (Å²) in [6.45, 7) is 1.77. The van der Waals surface area contributed by atoms with Crippen LogP contribution in [0.5, 0.6) is 0 Å². The van der Waals surface area contributed by atoms with Crippen LogP contribution in [-0.2, 0) is 16.6 Å². The van der Waals surface area contributed by atoms with Gasteiger partial charge in [-0.1, -0.05) is 48.5 Å². The number of benzene rings is 2. The lowest BCUT2D eigenvalue weighted by Gasteiger charge is -2.29. The van der Waals surface area contributed by atoms with E-state index in [0.29, 0.717) is 0 Å². The van der Waals surface area contributed by atoms with Gasteiger partial charge in [0.25, 0.3) is 5.91 Å². The van der Waals surface area contributed by atoms with E-state index in [1.165, 1.54) is 17.9 Å². The van der Waals surface area contributed by atoms with Crippen LogP contribution in [0.15, 0.2) is 54.7 Å². The number of aromatic nitrogens is 2. The molecule has 180 valence electrons. The van der Waals surface area contributed by atoms with E-state index in [-0.39, 0.29) is 29.8 Å². The normalized spacial score (nSPS) is 16.1. The van der Waals surface area contributed by atoms with Crippen LogP contribution in [0.3, 0.4) is 0 Å². The highest BCUT2D eigenvalue weighted by Gasteiger charge is 2.49. The molecule has 1 heterocycles. The topological polar surface area (TPSA) is 123 Å². The number of alkyl carbamates (subject to hydrolysis) is 1. The molecule has 0 radical (unpaired) electrons. The van der Waals surface area contributed by atoms with Crippen molar-refractivity contribution in [3.05, 3.63) is 71.4 Å². The summed E-state index contributed by atoms with van der Waals surface area (Å²) in [7, 11) is 1.54. The number of aryl methyl sites for hydroxylation is 1. The highest BCUT2D eigenvalue weighted by Crippen LogP contribution is 2.45. The Bertz CT molecular complexity index is 1280. The molecule has 1 aromatic heterocycles. The van der Waals surface area contributed by atoms with Crippen molar-refractivity contribution in [1.29, 1.82) is 0 Å². The smallest absolute Gasteiger partial charge is 0.408 e. The van der Waals surface area contributed by atoms with E-state index in [2.05, 4.69) is 27.9 Å². The zero-order valence-corrected chi connectivity index (χ0v) is 19.4. The maximum atomic E-state index is 13.2. The summed E-state index contributed by atoms with van der Waals surface area (Å²) < 4.78 is 6.92. The predicted octanol–water partition coefficient (Wildman–Crippen LogP) is 3.76. The summed E-state index contributed by atoms with van der Waals surface area (Å²) in [6.07, 6.45) is 2.01.